The normalized spacial score (nSPS) is 12.9. The molecule has 0 unspecified atom stereocenters. The van der Waals surface area contributed by atoms with E-state index in [4.69, 9.17) is 8.53 Å². The third-order valence-corrected chi connectivity index (χ3v) is 8.94. The molecule has 0 radical (unpaired) electrons. The third-order valence-electron chi connectivity index (χ3n) is 8.94. The minimum absolute atomic E-state index is 0.287. The Labute approximate surface area is 265 Å². The molecular formula is C43H29NO. The van der Waals surface area contributed by atoms with Crippen LogP contribution in [0.25, 0.3) is 65.4 Å². The van der Waals surface area contributed by atoms with Gasteiger partial charge in [-0.15, -0.1) is 0 Å². The molecule has 45 heavy (non-hydrogen) atoms. The number of nitrogens with zero attached hydrogens (tertiary/aromatic N) is 1. The SMILES string of the molecule is [2H]C([2H])([2H])c1cccc2oc3c4ccccc4c(N(c4ccc(-c5ccccc5)cc4)c4cc5ccccc5c5ccccc45)cc3c12. The summed E-state index contributed by atoms with van der Waals surface area (Å²) in [6.07, 6.45) is 0. The lowest BCUT2D eigenvalue weighted by Crippen LogP contribution is -2.11. The molecule has 9 aromatic rings. The van der Waals surface area contributed by atoms with E-state index in [9.17, 15) is 0 Å². The van der Waals surface area contributed by atoms with E-state index in [2.05, 4.69) is 126 Å². The molecule has 0 aliphatic heterocycles. The van der Waals surface area contributed by atoms with Gasteiger partial charge in [0, 0.05) is 36.7 Å². The van der Waals surface area contributed by atoms with Crippen LogP contribution in [0.15, 0.2) is 162 Å². The van der Waals surface area contributed by atoms with Crippen molar-refractivity contribution in [2.24, 2.45) is 0 Å². The van der Waals surface area contributed by atoms with Crippen LogP contribution in [0.2, 0.25) is 0 Å². The molecule has 0 amide bonds. The van der Waals surface area contributed by atoms with Crippen molar-refractivity contribution in [1.29, 1.82) is 0 Å². The molecule has 0 fully saturated rings. The standard InChI is InChI=1S/C43H29NO/c1-28-12-11-21-41-42(28)38-27-40(36-19-9-10-20-37(36)43(38)45-41)44(32-24-22-30(23-25-32)29-13-3-2-4-14-29)39-26-31-15-5-6-16-33(31)34-17-7-8-18-35(34)39/h2-27H,1H3/i1D3. The summed E-state index contributed by atoms with van der Waals surface area (Å²) in [5, 5.41) is 7.95. The van der Waals surface area contributed by atoms with Crippen LogP contribution in [0.3, 0.4) is 0 Å². The smallest absolute Gasteiger partial charge is 0.143 e. The summed E-state index contributed by atoms with van der Waals surface area (Å²) in [7, 11) is 0. The second-order valence-electron chi connectivity index (χ2n) is 11.5. The minimum atomic E-state index is -2.30. The number of hydrogen-bond donors (Lipinski definition) is 0. The van der Waals surface area contributed by atoms with Crippen LogP contribution in [0, 0.1) is 6.85 Å². The van der Waals surface area contributed by atoms with E-state index in [1.807, 2.05) is 24.3 Å². The number of rotatable bonds is 4. The summed E-state index contributed by atoms with van der Waals surface area (Å²) >= 11 is 0. The van der Waals surface area contributed by atoms with Gasteiger partial charge in [-0.25, -0.2) is 0 Å². The highest BCUT2D eigenvalue weighted by Gasteiger charge is 2.22. The van der Waals surface area contributed by atoms with E-state index >= 15 is 0 Å². The molecule has 1 heterocycles. The third kappa shape index (κ3) is 4.03. The van der Waals surface area contributed by atoms with Crippen LogP contribution >= 0.6 is 0 Å². The predicted molar refractivity (Wildman–Crippen MR) is 191 cm³/mol. The van der Waals surface area contributed by atoms with Crippen molar-refractivity contribution >= 4 is 71.3 Å². The topological polar surface area (TPSA) is 16.4 Å². The van der Waals surface area contributed by atoms with Crippen molar-refractivity contribution < 1.29 is 8.53 Å². The Hall–Kier alpha value is -5.86. The number of hydrogen-bond acceptors (Lipinski definition) is 2. The lowest BCUT2D eigenvalue weighted by molar-refractivity contribution is 0.672. The molecule has 0 aliphatic carbocycles. The van der Waals surface area contributed by atoms with Crippen LogP contribution in [0.1, 0.15) is 9.68 Å². The van der Waals surface area contributed by atoms with Crippen LogP contribution < -0.4 is 4.90 Å². The maximum atomic E-state index is 8.38. The second kappa shape index (κ2) is 10.1. The quantitative estimate of drug-likeness (QED) is 0.193. The Morgan fingerprint density at radius 1 is 0.489 bits per heavy atom. The first-order valence-electron chi connectivity index (χ1n) is 16.7. The van der Waals surface area contributed by atoms with Crippen LogP contribution in [0.4, 0.5) is 17.1 Å². The molecule has 8 aromatic carbocycles. The lowest BCUT2D eigenvalue weighted by atomic mass is 9.97. The second-order valence-corrected chi connectivity index (χ2v) is 11.5. The van der Waals surface area contributed by atoms with Crippen molar-refractivity contribution in [3.8, 4) is 11.1 Å². The number of anilines is 3. The fourth-order valence-corrected chi connectivity index (χ4v) is 6.88. The molecule has 2 heteroatoms. The number of furan rings is 1. The Bertz CT molecular complexity index is 2660. The fourth-order valence-electron chi connectivity index (χ4n) is 6.88. The van der Waals surface area contributed by atoms with Crippen LogP contribution in [-0.2, 0) is 0 Å². The zero-order valence-electron chi connectivity index (χ0n) is 27.4. The zero-order valence-corrected chi connectivity index (χ0v) is 24.4. The lowest BCUT2D eigenvalue weighted by Gasteiger charge is -2.29. The van der Waals surface area contributed by atoms with E-state index in [1.54, 1.807) is 12.1 Å². The Kier molecular flexibility index (Phi) is 5.09. The Morgan fingerprint density at radius 2 is 1.11 bits per heavy atom. The fraction of sp³-hybridized carbons (Fsp3) is 0.0233. The summed E-state index contributed by atoms with van der Waals surface area (Å²) in [6, 6.07) is 54.1. The maximum absolute atomic E-state index is 8.38. The van der Waals surface area contributed by atoms with Gasteiger partial charge in [0.25, 0.3) is 0 Å². The maximum Gasteiger partial charge on any atom is 0.143 e. The van der Waals surface area contributed by atoms with Gasteiger partial charge < -0.3 is 9.32 Å². The van der Waals surface area contributed by atoms with Crippen molar-refractivity contribution in [3.05, 3.63) is 163 Å². The average molecular weight is 579 g/mol. The summed E-state index contributed by atoms with van der Waals surface area (Å²) in [4.78, 5) is 2.32. The molecule has 9 rings (SSSR count). The van der Waals surface area contributed by atoms with Crippen molar-refractivity contribution in [2.75, 3.05) is 4.90 Å². The van der Waals surface area contributed by atoms with Crippen LogP contribution in [0.5, 0.6) is 0 Å². The molecule has 0 spiro atoms. The molecule has 2 nitrogen and oxygen atoms in total. The van der Waals surface area contributed by atoms with Gasteiger partial charge in [0.1, 0.15) is 11.2 Å². The highest BCUT2D eigenvalue weighted by Crippen LogP contribution is 2.47. The molecule has 0 atom stereocenters. The van der Waals surface area contributed by atoms with E-state index < -0.39 is 6.85 Å². The Morgan fingerprint density at radius 3 is 1.89 bits per heavy atom. The summed E-state index contributed by atoms with van der Waals surface area (Å²) < 4.78 is 31.6. The molecule has 1 aromatic heterocycles. The first-order valence-corrected chi connectivity index (χ1v) is 15.2. The summed E-state index contributed by atoms with van der Waals surface area (Å²) in [5.41, 5.74) is 6.78. The average Bonchev–Trinajstić information content (AvgIpc) is 3.51. The van der Waals surface area contributed by atoms with Gasteiger partial charge >= 0.3 is 0 Å². The first kappa shape index (κ1) is 22.6. The van der Waals surface area contributed by atoms with Crippen molar-refractivity contribution in [1.82, 2.24) is 0 Å². The largest absolute Gasteiger partial charge is 0.455 e. The van der Waals surface area contributed by atoms with Crippen molar-refractivity contribution in [2.45, 2.75) is 6.85 Å². The highest BCUT2D eigenvalue weighted by atomic mass is 16.3. The minimum Gasteiger partial charge on any atom is -0.455 e. The molecule has 212 valence electrons. The predicted octanol–water partition coefficient (Wildman–Crippen LogP) is 12.5. The summed E-state index contributed by atoms with van der Waals surface area (Å²) in [6.45, 7) is -2.30. The van der Waals surface area contributed by atoms with Gasteiger partial charge in [0.05, 0.1) is 11.4 Å². The first-order chi connectivity index (χ1) is 23.5. The van der Waals surface area contributed by atoms with Gasteiger partial charge in [-0.1, -0.05) is 127 Å². The Balaban J connectivity index is 1.41. The molecule has 0 bridgehead atoms. The van der Waals surface area contributed by atoms with Crippen LogP contribution in [-0.4, -0.2) is 0 Å². The highest BCUT2D eigenvalue weighted by molar-refractivity contribution is 6.22. The number of aryl methyl sites for hydroxylation is 1. The van der Waals surface area contributed by atoms with Gasteiger partial charge in [0.2, 0.25) is 0 Å². The number of fused-ring (bicyclic) bond motifs is 8. The molecule has 0 saturated carbocycles. The van der Waals surface area contributed by atoms with Gasteiger partial charge in [0.15, 0.2) is 0 Å². The zero-order chi connectivity index (χ0) is 32.4. The number of benzene rings is 8. The van der Waals surface area contributed by atoms with Gasteiger partial charge in [-0.05, 0) is 70.0 Å². The molecular weight excluding hydrogens is 546 g/mol. The monoisotopic (exact) mass is 578 g/mol. The van der Waals surface area contributed by atoms with E-state index in [-0.39, 0.29) is 5.56 Å². The molecule has 0 saturated heterocycles. The van der Waals surface area contributed by atoms with E-state index in [0.29, 0.717) is 16.6 Å². The van der Waals surface area contributed by atoms with E-state index in [0.717, 1.165) is 55.1 Å². The summed E-state index contributed by atoms with van der Waals surface area (Å²) in [5.74, 6) is 0. The molecule has 0 N–H and O–H groups in total. The van der Waals surface area contributed by atoms with Gasteiger partial charge in [-0.2, -0.15) is 0 Å². The molecule has 0 aliphatic rings. The van der Waals surface area contributed by atoms with Crippen molar-refractivity contribution in [3.63, 3.8) is 0 Å². The van der Waals surface area contributed by atoms with E-state index in [1.165, 1.54) is 10.8 Å². The van der Waals surface area contributed by atoms with Gasteiger partial charge in [-0.3, -0.25) is 0 Å².